The Morgan fingerprint density at radius 1 is 1.00 bits per heavy atom. The maximum Gasteiger partial charge on any atom is 0.244 e. The molecule has 0 radical (unpaired) electrons. The number of ether oxygens (including phenoxy) is 1. The van der Waals surface area contributed by atoms with Crippen LogP contribution >= 0.6 is 11.6 Å². The van der Waals surface area contributed by atoms with Crippen molar-refractivity contribution in [2.75, 3.05) is 11.4 Å². The maximum atomic E-state index is 13.8. The molecule has 1 aromatic heterocycles. The molecule has 1 saturated heterocycles. The van der Waals surface area contributed by atoms with Gasteiger partial charge in [0.2, 0.25) is 5.91 Å². The average molecular weight is 420 g/mol. The number of likely N-dealkylation sites (tertiary alicyclic amines) is 1. The quantitative estimate of drug-likeness (QED) is 0.632. The lowest BCUT2D eigenvalue weighted by molar-refractivity contribution is -0.123. The van der Waals surface area contributed by atoms with Gasteiger partial charge in [-0.2, -0.15) is 0 Å². The molecule has 2 aromatic carbocycles. The number of fused-ring (bicyclic) bond motifs is 3. The molecule has 0 N–H and O–H groups in total. The minimum Gasteiger partial charge on any atom is -0.487 e. The normalized spacial score (nSPS) is 21.0. The molecule has 5 nitrogen and oxygen atoms in total. The molecule has 152 valence electrons. The van der Waals surface area contributed by atoms with Crippen molar-refractivity contribution in [3.05, 3.63) is 89.2 Å². The van der Waals surface area contributed by atoms with Gasteiger partial charge in [0.1, 0.15) is 11.9 Å². The first kappa shape index (κ1) is 19.1. The van der Waals surface area contributed by atoms with Crippen LogP contribution < -0.4 is 9.64 Å². The van der Waals surface area contributed by atoms with E-state index in [9.17, 15) is 4.79 Å². The largest absolute Gasteiger partial charge is 0.487 e. The number of nitrogens with zero attached hydrogens (tertiary/aromatic N) is 3. The van der Waals surface area contributed by atoms with Gasteiger partial charge < -0.3 is 9.64 Å². The summed E-state index contributed by atoms with van der Waals surface area (Å²) in [5, 5.41) is 0.713. The molecule has 5 rings (SSSR count). The van der Waals surface area contributed by atoms with E-state index in [1.807, 2.05) is 65.6 Å². The number of carbonyl (C=O) groups is 1. The van der Waals surface area contributed by atoms with Crippen LogP contribution in [0.1, 0.15) is 17.5 Å². The van der Waals surface area contributed by atoms with E-state index in [1.165, 1.54) is 0 Å². The topological polar surface area (TPSA) is 45.7 Å². The molecule has 2 atom stereocenters. The number of rotatable bonds is 4. The Balaban J connectivity index is 1.48. The van der Waals surface area contributed by atoms with Crippen molar-refractivity contribution in [2.24, 2.45) is 0 Å². The highest BCUT2D eigenvalue weighted by Gasteiger charge is 2.42. The van der Waals surface area contributed by atoms with E-state index in [2.05, 4.69) is 9.88 Å². The average Bonchev–Trinajstić information content (AvgIpc) is 3.17. The van der Waals surface area contributed by atoms with Crippen LogP contribution in [-0.4, -0.2) is 34.5 Å². The van der Waals surface area contributed by atoms with Crippen LogP contribution in [0.15, 0.2) is 73.1 Å². The second-order valence-electron chi connectivity index (χ2n) is 7.80. The number of aromatic nitrogens is 1. The summed E-state index contributed by atoms with van der Waals surface area (Å²) in [4.78, 5) is 22.0. The van der Waals surface area contributed by atoms with E-state index in [0.29, 0.717) is 31.1 Å². The van der Waals surface area contributed by atoms with Crippen LogP contribution in [0.2, 0.25) is 5.02 Å². The van der Waals surface area contributed by atoms with E-state index in [-0.39, 0.29) is 18.1 Å². The lowest BCUT2D eigenvalue weighted by atomic mass is 10.1. The maximum absolute atomic E-state index is 13.8. The zero-order valence-corrected chi connectivity index (χ0v) is 17.2. The Bertz CT molecular complexity index is 1040. The molecule has 3 aromatic rings. The predicted molar refractivity (Wildman–Crippen MR) is 117 cm³/mol. The summed E-state index contributed by atoms with van der Waals surface area (Å²) in [6.45, 7) is 1.86. The monoisotopic (exact) mass is 419 g/mol. The summed E-state index contributed by atoms with van der Waals surface area (Å²) in [5.74, 6) is 0.859. The Morgan fingerprint density at radius 2 is 1.83 bits per heavy atom. The molecule has 30 heavy (non-hydrogen) atoms. The smallest absolute Gasteiger partial charge is 0.244 e. The van der Waals surface area contributed by atoms with Crippen molar-refractivity contribution in [1.82, 2.24) is 9.88 Å². The van der Waals surface area contributed by atoms with E-state index in [1.54, 1.807) is 12.4 Å². The van der Waals surface area contributed by atoms with Crippen molar-refractivity contribution >= 4 is 23.2 Å². The highest BCUT2D eigenvalue weighted by Crippen LogP contribution is 2.37. The second kappa shape index (κ2) is 8.09. The van der Waals surface area contributed by atoms with E-state index < -0.39 is 0 Å². The highest BCUT2D eigenvalue weighted by atomic mass is 35.5. The Kier molecular flexibility index (Phi) is 5.15. The fourth-order valence-electron chi connectivity index (χ4n) is 4.30. The number of hydrogen-bond acceptors (Lipinski definition) is 4. The van der Waals surface area contributed by atoms with Gasteiger partial charge in [-0.25, -0.2) is 0 Å². The number of anilines is 1. The molecule has 1 fully saturated rings. The number of benzene rings is 2. The summed E-state index contributed by atoms with van der Waals surface area (Å²) < 4.78 is 6.36. The van der Waals surface area contributed by atoms with Crippen molar-refractivity contribution in [3.8, 4) is 5.75 Å². The lowest BCUT2D eigenvalue weighted by Crippen LogP contribution is -2.45. The minimum atomic E-state index is -0.226. The summed E-state index contributed by atoms with van der Waals surface area (Å²) in [7, 11) is 0. The summed E-state index contributed by atoms with van der Waals surface area (Å²) in [5.41, 5.74) is 2.93. The molecule has 2 aliphatic rings. The first-order chi connectivity index (χ1) is 14.7. The molecule has 0 spiro atoms. The number of halogens is 1. The van der Waals surface area contributed by atoms with Gasteiger partial charge in [-0.1, -0.05) is 41.9 Å². The third kappa shape index (κ3) is 3.78. The van der Waals surface area contributed by atoms with E-state index >= 15 is 0 Å². The summed E-state index contributed by atoms with van der Waals surface area (Å²) in [6, 6.07) is 19.3. The minimum absolute atomic E-state index is 0.00654. The van der Waals surface area contributed by atoms with Crippen molar-refractivity contribution in [2.45, 2.75) is 31.7 Å². The highest BCUT2D eigenvalue weighted by molar-refractivity contribution is 6.30. The van der Waals surface area contributed by atoms with E-state index in [4.69, 9.17) is 16.3 Å². The Morgan fingerprint density at radius 3 is 2.63 bits per heavy atom. The number of amides is 1. The number of para-hydroxylation sites is 2. The molecule has 0 aliphatic carbocycles. The number of pyridine rings is 1. The standard InChI is InChI=1S/C24H22ClN3O2/c25-19-9-7-17(8-10-19)14-27-16-20-12-22(27)24(29)28(15-18-4-3-11-26-13-18)21-5-1-2-6-23(21)30-20/h1-11,13,20,22H,12,14-16H2/t20-,22-/m0/s1. The summed E-state index contributed by atoms with van der Waals surface area (Å²) >= 11 is 6.03. The SMILES string of the molecule is O=C1[C@@H]2C[C@@H](CN2Cc2ccc(Cl)cc2)Oc2ccccc2N1Cc1cccnc1. The molecule has 2 aliphatic heterocycles. The van der Waals surface area contributed by atoms with Gasteiger partial charge in [-0.3, -0.25) is 14.7 Å². The van der Waals surface area contributed by atoms with Gasteiger partial charge >= 0.3 is 0 Å². The van der Waals surface area contributed by atoms with Gasteiger partial charge in [-0.15, -0.1) is 0 Å². The van der Waals surface area contributed by atoms with Gasteiger partial charge in [0.25, 0.3) is 0 Å². The zero-order valence-electron chi connectivity index (χ0n) is 16.4. The molecule has 0 unspecified atom stereocenters. The predicted octanol–water partition coefficient (Wildman–Crippen LogP) is 4.30. The Labute approximate surface area is 180 Å². The molecule has 2 bridgehead atoms. The molecule has 3 heterocycles. The van der Waals surface area contributed by atoms with Crippen LogP contribution in [0, 0.1) is 0 Å². The molecular weight excluding hydrogens is 398 g/mol. The van der Waals surface area contributed by atoms with Crippen LogP contribution in [0.5, 0.6) is 5.75 Å². The van der Waals surface area contributed by atoms with Crippen molar-refractivity contribution in [3.63, 3.8) is 0 Å². The number of carbonyl (C=O) groups excluding carboxylic acids is 1. The zero-order chi connectivity index (χ0) is 20.5. The molecule has 1 amide bonds. The van der Waals surface area contributed by atoms with Crippen LogP contribution in [0.25, 0.3) is 0 Å². The molecule has 0 saturated carbocycles. The first-order valence-corrected chi connectivity index (χ1v) is 10.5. The Hall–Kier alpha value is -2.89. The van der Waals surface area contributed by atoms with Crippen LogP contribution in [-0.2, 0) is 17.9 Å². The van der Waals surface area contributed by atoms with Gasteiger partial charge in [-0.05, 0) is 41.5 Å². The van der Waals surface area contributed by atoms with Gasteiger partial charge in [0, 0.05) is 36.9 Å². The fraction of sp³-hybridized carbons (Fsp3) is 0.250. The van der Waals surface area contributed by atoms with Crippen LogP contribution in [0.4, 0.5) is 5.69 Å². The molecular formula is C24H22ClN3O2. The third-order valence-electron chi connectivity index (χ3n) is 5.73. The fourth-order valence-corrected chi connectivity index (χ4v) is 4.42. The second-order valence-corrected chi connectivity index (χ2v) is 8.24. The first-order valence-electron chi connectivity index (χ1n) is 10.1. The van der Waals surface area contributed by atoms with Crippen molar-refractivity contribution in [1.29, 1.82) is 0 Å². The summed E-state index contributed by atoms with van der Waals surface area (Å²) in [6.07, 6.45) is 4.22. The lowest BCUT2D eigenvalue weighted by Gasteiger charge is -2.32. The van der Waals surface area contributed by atoms with Gasteiger partial charge in [0.05, 0.1) is 18.3 Å². The molecule has 6 heteroatoms. The third-order valence-corrected chi connectivity index (χ3v) is 5.98. The number of hydrogen-bond donors (Lipinski definition) is 0. The van der Waals surface area contributed by atoms with E-state index in [0.717, 1.165) is 22.6 Å². The van der Waals surface area contributed by atoms with Gasteiger partial charge in [0.15, 0.2) is 0 Å². The van der Waals surface area contributed by atoms with Crippen LogP contribution in [0.3, 0.4) is 0 Å². The van der Waals surface area contributed by atoms with Crippen molar-refractivity contribution < 1.29 is 9.53 Å².